The first-order chi connectivity index (χ1) is 7.36. The van der Waals surface area contributed by atoms with Crippen LogP contribution in [0.5, 0.6) is 0 Å². The fraction of sp³-hybridized carbons (Fsp3) is 0.222. The van der Waals surface area contributed by atoms with Gasteiger partial charge in [0.1, 0.15) is 5.01 Å². The van der Waals surface area contributed by atoms with Crippen molar-refractivity contribution in [1.29, 1.82) is 0 Å². The van der Waals surface area contributed by atoms with Crippen LogP contribution < -0.4 is 5.32 Å². The lowest BCUT2D eigenvalue weighted by Crippen LogP contribution is -2.03. The van der Waals surface area contributed by atoms with Gasteiger partial charge in [0.2, 0.25) is 0 Å². The summed E-state index contributed by atoms with van der Waals surface area (Å²) in [6, 6.07) is 0. The highest BCUT2D eigenvalue weighted by molar-refractivity contribution is 7.11. The zero-order chi connectivity index (χ0) is 10.9. The third-order valence-electron chi connectivity index (χ3n) is 1.36. The van der Waals surface area contributed by atoms with Gasteiger partial charge >= 0.3 is 0 Å². The standard InChI is InChI=1S/C5H8N2S.C4H3NOS/c1-6-4-5-7-2-3-8-5;6-3-4-5-1-2-7-4/h2-3,6H,4H2,1H3;1-3H. The number of nitrogens with zero attached hydrogens (tertiary/aromatic N) is 2. The van der Waals surface area contributed by atoms with E-state index in [1.54, 1.807) is 22.9 Å². The molecule has 2 aromatic heterocycles. The number of carbonyl (C=O) groups is 1. The molecule has 0 saturated carbocycles. The Hall–Kier alpha value is -1.11. The van der Waals surface area contributed by atoms with E-state index >= 15 is 0 Å². The van der Waals surface area contributed by atoms with E-state index in [-0.39, 0.29) is 0 Å². The second kappa shape index (κ2) is 7.22. The van der Waals surface area contributed by atoms with Crippen LogP contribution in [0.4, 0.5) is 0 Å². The van der Waals surface area contributed by atoms with Crippen LogP contribution >= 0.6 is 22.7 Å². The summed E-state index contributed by atoms with van der Waals surface area (Å²) < 4.78 is 0. The first-order valence-electron chi connectivity index (χ1n) is 4.24. The Morgan fingerprint density at radius 1 is 1.33 bits per heavy atom. The maximum absolute atomic E-state index is 9.82. The molecular weight excluding hydrogens is 230 g/mol. The quantitative estimate of drug-likeness (QED) is 0.833. The molecule has 0 fully saturated rings. The molecule has 0 aliphatic rings. The van der Waals surface area contributed by atoms with Gasteiger partial charge in [-0.05, 0) is 7.05 Å². The molecule has 80 valence electrons. The molecule has 0 aliphatic carbocycles. The van der Waals surface area contributed by atoms with Crippen LogP contribution in [-0.2, 0) is 6.54 Å². The molecule has 0 spiro atoms. The van der Waals surface area contributed by atoms with Gasteiger partial charge < -0.3 is 5.32 Å². The fourth-order valence-corrected chi connectivity index (χ4v) is 1.85. The molecule has 0 aromatic carbocycles. The Balaban J connectivity index is 0.000000151. The van der Waals surface area contributed by atoms with Crippen LogP contribution in [0.25, 0.3) is 0 Å². The predicted octanol–water partition coefficient (Wildman–Crippen LogP) is 1.82. The van der Waals surface area contributed by atoms with Gasteiger partial charge in [0.05, 0.1) is 0 Å². The summed E-state index contributed by atoms with van der Waals surface area (Å²) in [5.74, 6) is 0. The Kier molecular flexibility index (Phi) is 5.76. The molecule has 2 rings (SSSR count). The Morgan fingerprint density at radius 3 is 2.47 bits per heavy atom. The molecule has 0 radical (unpaired) electrons. The fourth-order valence-electron chi connectivity index (χ4n) is 0.784. The number of hydrogen-bond donors (Lipinski definition) is 1. The summed E-state index contributed by atoms with van der Waals surface area (Å²) in [6.45, 7) is 0.887. The van der Waals surface area contributed by atoms with Gasteiger partial charge in [-0.1, -0.05) is 0 Å². The number of aromatic nitrogens is 2. The predicted molar refractivity (Wildman–Crippen MR) is 62.4 cm³/mol. The van der Waals surface area contributed by atoms with E-state index in [1.807, 2.05) is 18.6 Å². The van der Waals surface area contributed by atoms with E-state index in [0.717, 1.165) is 17.8 Å². The Bertz CT molecular complexity index is 359. The van der Waals surface area contributed by atoms with Gasteiger partial charge in [0, 0.05) is 29.7 Å². The Morgan fingerprint density at radius 2 is 2.07 bits per heavy atom. The second-order valence-electron chi connectivity index (χ2n) is 2.44. The van der Waals surface area contributed by atoms with E-state index in [4.69, 9.17) is 0 Å². The molecule has 0 bridgehead atoms. The molecule has 2 aromatic rings. The van der Waals surface area contributed by atoms with Gasteiger partial charge in [-0.15, -0.1) is 22.7 Å². The smallest absolute Gasteiger partial charge is 0.178 e. The summed E-state index contributed by atoms with van der Waals surface area (Å²) in [6.07, 6.45) is 4.16. The molecule has 15 heavy (non-hydrogen) atoms. The minimum atomic E-state index is 0.542. The van der Waals surface area contributed by atoms with Crippen molar-refractivity contribution in [3.8, 4) is 0 Å². The maximum Gasteiger partial charge on any atom is 0.178 e. The molecule has 0 saturated heterocycles. The van der Waals surface area contributed by atoms with Gasteiger partial charge in [-0.2, -0.15) is 0 Å². The third kappa shape index (κ3) is 4.78. The average Bonchev–Trinajstić information content (AvgIpc) is 2.91. The molecule has 0 atom stereocenters. The van der Waals surface area contributed by atoms with Crippen molar-refractivity contribution < 1.29 is 4.79 Å². The van der Waals surface area contributed by atoms with Gasteiger partial charge in [-0.3, -0.25) is 4.79 Å². The highest BCUT2D eigenvalue weighted by Gasteiger charge is 1.88. The average molecular weight is 241 g/mol. The number of thiazole rings is 2. The van der Waals surface area contributed by atoms with E-state index < -0.39 is 0 Å². The van der Waals surface area contributed by atoms with Crippen LogP contribution in [0.15, 0.2) is 23.2 Å². The second-order valence-corrected chi connectivity index (χ2v) is 4.35. The third-order valence-corrected chi connectivity index (χ3v) is 2.84. The molecule has 0 aliphatic heterocycles. The molecule has 0 amide bonds. The van der Waals surface area contributed by atoms with Crippen LogP contribution in [-0.4, -0.2) is 23.3 Å². The summed E-state index contributed by atoms with van der Waals surface area (Å²) >= 11 is 3.02. The largest absolute Gasteiger partial charge is 0.314 e. The highest BCUT2D eigenvalue weighted by Crippen LogP contribution is 2.01. The van der Waals surface area contributed by atoms with E-state index in [1.165, 1.54) is 11.3 Å². The van der Waals surface area contributed by atoms with Crippen molar-refractivity contribution in [3.05, 3.63) is 33.2 Å². The zero-order valence-corrected chi connectivity index (χ0v) is 9.85. The maximum atomic E-state index is 9.82. The topological polar surface area (TPSA) is 54.9 Å². The van der Waals surface area contributed by atoms with E-state index in [9.17, 15) is 4.79 Å². The highest BCUT2D eigenvalue weighted by atomic mass is 32.1. The normalized spacial score (nSPS) is 9.13. The van der Waals surface area contributed by atoms with Crippen molar-refractivity contribution in [2.45, 2.75) is 6.54 Å². The van der Waals surface area contributed by atoms with Crippen LogP contribution in [0.3, 0.4) is 0 Å². The number of nitrogens with one attached hydrogen (secondary N) is 1. The first-order valence-corrected chi connectivity index (χ1v) is 6.00. The SMILES string of the molecule is CNCc1nccs1.O=Cc1nccs1. The number of aldehydes is 1. The molecule has 4 nitrogen and oxygen atoms in total. The van der Waals surface area contributed by atoms with Crippen LogP contribution in [0.1, 0.15) is 14.8 Å². The molecule has 6 heteroatoms. The molecule has 1 N–H and O–H groups in total. The summed E-state index contributed by atoms with van der Waals surface area (Å²) in [5, 5.41) is 8.45. The van der Waals surface area contributed by atoms with E-state index in [2.05, 4.69) is 15.3 Å². The van der Waals surface area contributed by atoms with Crippen LogP contribution in [0, 0.1) is 0 Å². The van der Waals surface area contributed by atoms with Gasteiger partial charge in [-0.25, -0.2) is 9.97 Å². The van der Waals surface area contributed by atoms with Crippen molar-refractivity contribution >= 4 is 29.0 Å². The van der Waals surface area contributed by atoms with Crippen LogP contribution in [0.2, 0.25) is 0 Å². The van der Waals surface area contributed by atoms with Crippen molar-refractivity contribution in [2.24, 2.45) is 0 Å². The molecular formula is C9H11N3OS2. The molecule has 0 unspecified atom stereocenters. The minimum Gasteiger partial charge on any atom is -0.314 e. The monoisotopic (exact) mass is 241 g/mol. The number of rotatable bonds is 3. The van der Waals surface area contributed by atoms with Crippen molar-refractivity contribution in [3.63, 3.8) is 0 Å². The van der Waals surface area contributed by atoms with E-state index in [0.29, 0.717) is 5.01 Å². The lowest BCUT2D eigenvalue weighted by molar-refractivity contribution is 0.112. The summed E-state index contributed by atoms with van der Waals surface area (Å²) in [5.41, 5.74) is 0. The summed E-state index contributed by atoms with van der Waals surface area (Å²) in [4.78, 5) is 17.6. The van der Waals surface area contributed by atoms with Crippen molar-refractivity contribution in [2.75, 3.05) is 7.05 Å². The molecule has 2 heterocycles. The summed E-state index contributed by atoms with van der Waals surface area (Å²) in [7, 11) is 1.92. The Labute approximate surface area is 96.0 Å². The van der Waals surface area contributed by atoms with Crippen molar-refractivity contribution in [1.82, 2.24) is 15.3 Å². The lowest BCUT2D eigenvalue weighted by atomic mass is 10.7. The zero-order valence-electron chi connectivity index (χ0n) is 8.21. The number of hydrogen-bond acceptors (Lipinski definition) is 6. The number of carbonyl (C=O) groups excluding carboxylic acids is 1. The first kappa shape index (κ1) is 12.0. The minimum absolute atomic E-state index is 0.542. The van der Waals surface area contributed by atoms with Gasteiger partial charge in [0.15, 0.2) is 11.3 Å². The lowest BCUT2D eigenvalue weighted by Gasteiger charge is -1.87. The van der Waals surface area contributed by atoms with Gasteiger partial charge in [0.25, 0.3) is 0 Å².